The van der Waals surface area contributed by atoms with E-state index in [1.807, 2.05) is 119 Å². The van der Waals surface area contributed by atoms with Crippen molar-refractivity contribution < 1.29 is 38.1 Å². The summed E-state index contributed by atoms with van der Waals surface area (Å²) in [4.78, 5) is 91.2. The van der Waals surface area contributed by atoms with E-state index in [4.69, 9.17) is 46.9 Å². The number of ether oxygens (including phenoxy) is 5. The Balaban J connectivity index is 0.000000145. The molecule has 6 aromatic heterocycles. The Morgan fingerprint density at radius 1 is 0.473 bits per heavy atom. The lowest BCUT2D eigenvalue weighted by Crippen LogP contribution is -2.31. The van der Waals surface area contributed by atoms with Crippen molar-refractivity contribution in [1.82, 2.24) is 47.3 Å². The molecule has 1 fully saturated rings. The lowest BCUT2D eigenvalue weighted by atomic mass is 10.2. The molecule has 7 heterocycles. The van der Waals surface area contributed by atoms with E-state index in [0.717, 1.165) is 22.4 Å². The SMILES string of the molecule is C=CC(=O)N1CCC(n2c(=O)n(-c3ccc(Oc4cccc(OC)c4C)cc3)c3cnccc32)C1.C=CC(=O)Nc1cccc(-n2c(=O)n(-c3ccc(Oc4cccc(C)c4)c(Cl)c3)c3cnccc32)c1.C=CC(=O)Nc1cccc(-n2c(=O)n(-c3ccc(Oc4cccc(OC(C)C)c4)c(Cl)c3)c3cnccc32)c1. The first-order valence-corrected chi connectivity index (χ1v) is 35.5. The van der Waals surface area contributed by atoms with Crippen molar-refractivity contribution in [2.45, 2.75) is 46.3 Å². The number of aromatic nitrogens is 9. The minimum atomic E-state index is -0.345. The molecule has 0 spiro atoms. The lowest BCUT2D eigenvalue weighted by Gasteiger charge is -2.15. The Labute approximate surface area is 640 Å². The van der Waals surface area contributed by atoms with E-state index in [0.29, 0.717) is 137 Å². The molecule has 3 amide bonds. The van der Waals surface area contributed by atoms with Gasteiger partial charge in [-0.15, -0.1) is 0 Å². The molecule has 1 atom stereocenters. The van der Waals surface area contributed by atoms with Gasteiger partial charge in [-0.3, -0.25) is 56.7 Å². The fourth-order valence-electron chi connectivity index (χ4n) is 12.8. The van der Waals surface area contributed by atoms with Crippen LogP contribution in [0.25, 0.3) is 61.5 Å². The first kappa shape index (κ1) is 74.5. The maximum atomic E-state index is 13.8. The predicted octanol–water partition coefficient (Wildman–Crippen LogP) is 16.8. The smallest absolute Gasteiger partial charge is 0.338 e. The lowest BCUT2D eigenvalue weighted by molar-refractivity contribution is -0.125. The number of anilines is 2. The van der Waals surface area contributed by atoms with Gasteiger partial charge >= 0.3 is 17.1 Å². The summed E-state index contributed by atoms with van der Waals surface area (Å²) in [5, 5.41) is 6.13. The molecule has 0 aliphatic carbocycles. The van der Waals surface area contributed by atoms with Crippen LogP contribution in [0, 0.1) is 13.8 Å². The van der Waals surface area contributed by atoms with E-state index in [9.17, 15) is 28.8 Å². The highest BCUT2D eigenvalue weighted by molar-refractivity contribution is 6.32. The molecule has 8 aromatic carbocycles. The zero-order valence-electron chi connectivity index (χ0n) is 60.3. The van der Waals surface area contributed by atoms with Crippen LogP contribution in [-0.2, 0) is 14.4 Å². The molecule has 1 saturated heterocycles. The first-order valence-electron chi connectivity index (χ1n) is 34.7. The Bertz CT molecular complexity index is 6070. The van der Waals surface area contributed by atoms with Crippen LogP contribution in [0.4, 0.5) is 11.4 Å². The van der Waals surface area contributed by atoms with Crippen LogP contribution in [0.2, 0.25) is 10.0 Å². The zero-order chi connectivity index (χ0) is 77.3. The van der Waals surface area contributed by atoms with Gasteiger partial charge < -0.3 is 39.2 Å². The number of halogens is 2. The van der Waals surface area contributed by atoms with E-state index in [1.54, 1.807) is 175 Å². The number of hydrogen-bond acceptors (Lipinski definition) is 14. The van der Waals surface area contributed by atoms with E-state index in [1.165, 1.54) is 22.8 Å². The number of nitrogens with one attached hydrogen (secondary N) is 2. The van der Waals surface area contributed by atoms with Gasteiger partial charge in [0.1, 0.15) is 46.0 Å². The molecule has 25 heteroatoms. The van der Waals surface area contributed by atoms with Crippen molar-refractivity contribution in [1.29, 1.82) is 0 Å². The van der Waals surface area contributed by atoms with Gasteiger partial charge in [0, 0.05) is 54.7 Å². The number of fused-ring (bicyclic) bond motifs is 3. The number of aryl methyl sites for hydroxylation is 1. The van der Waals surface area contributed by atoms with Gasteiger partial charge in [0.05, 0.1) is 109 Å². The molecule has 0 bridgehead atoms. The third-order valence-corrected chi connectivity index (χ3v) is 18.4. The number of nitrogens with zero attached hydrogens (tertiary/aromatic N) is 10. The summed E-state index contributed by atoms with van der Waals surface area (Å²) in [5.41, 5.74) is 9.21. The van der Waals surface area contributed by atoms with Crippen LogP contribution in [0.5, 0.6) is 46.0 Å². The van der Waals surface area contributed by atoms with E-state index in [2.05, 4.69) is 45.3 Å². The first-order chi connectivity index (χ1) is 53.3. The second-order valence-corrected chi connectivity index (χ2v) is 26.3. The molecule has 23 nitrogen and oxygen atoms in total. The number of rotatable bonds is 20. The second kappa shape index (κ2) is 32.9. The number of methoxy groups -OCH3 is 1. The monoisotopic (exact) mass is 1510 g/mol. The number of likely N-dealkylation sites (tertiary alicyclic amines) is 1. The van der Waals surface area contributed by atoms with Gasteiger partial charge in [0.25, 0.3) is 0 Å². The van der Waals surface area contributed by atoms with Gasteiger partial charge in [-0.1, -0.05) is 79.3 Å². The number of carbonyl (C=O) groups excluding carboxylic acids is 3. The highest BCUT2D eigenvalue weighted by Crippen LogP contribution is 2.37. The van der Waals surface area contributed by atoms with E-state index < -0.39 is 0 Å². The average Bonchev–Trinajstić information content (AvgIpc) is 1.61. The second-order valence-electron chi connectivity index (χ2n) is 25.5. The number of imidazole rings is 3. The minimum absolute atomic E-state index is 0.0337. The maximum Gasteiger partial charge on any atom is 0.338 e. The molecule has 110 heavy (non-hydrogen) atoms. The average molecular weight is 1510 g/mol. The fourth-order valence-corrected chi connectivity index (χ4v) is 13.3. The summed E-state index contributed by atoms with van der Waals surface area (Å²) in [5.74, 6) is 4.15. The van der Waals surface area contributed by atoms with E-state index >= 15 is 0 Å². The van der Waals surface area contributed by atoms with Crippen molar-refractivity contribution in [2.75, 3.05) is 30.8 Å². The number of amides is 3. The predicted molar refractivity (Wildman–Crippen MR) is 428 cm³/mol. The minimum Gasteiger partial charge on any atom is -0.496 e. The van der Waals surface area contributed by atoms with Gasteiger partial charge in [0.2, 0.25) is 17.7 Å². The Hall–Kier alpha value is -13.8. The highest BCUT2D eigenvalue weighted by Gasteiger charge is 2.31. The molecule has 2 N–H and O–H groups in total. The van der Waals surface area contributed by atoms with Crippen LogP contribution in [-0.4, -0.2) is 91.3 Å². The summed E-state index contributed by atoms with van der Waals surface area (Å²) >= 11 is 13.2. The van der Waals surface area contributed by atoms with Crippen LogP contribution in [0.1, 0.15) is 37.4 Å². The molecule has 15 rings (SSSR count). The number of benzene rings is 8. The fraction of sp³-hybridized carbons (Fsp3) is 0.118. The van der Waals surface area contributed by atoms with E-state index in [-0.39, 0.29) is 46.9 Å². The quantitative estimate of drug-likeness (QED) is 0.0674. The van der Waals surface area contributed by atoms with Gasteiger partial charge in [-0.2, -0.15) is 0 Å². The van der Waals surface area contributed by atoms with Gasteiger partial charge in [0.15, 0.2) is 0 Å². The highest BCUT2D eigenvalue weighted by atomic mass is 35.5. The van der Waals surface area contributed by atoms with Crippen molar-refractivity contribution in [3.05, 3.63) is 322 Å². The molecule has 0 radical (unpaired) electrons. The molecule has 0 saturated carbocycles. The summed E-state index contributed by atoms with van der Waals surface area (Å²) in [7, 11) is 1.63. The summed E-state index contributed by atoms with van der Waals surface area (Å²) in [6.07, 6.45) is 14.3. The topological polar surface area (TPSA) is 244 Å². The Morgan fingerprint density at radius 2 is 0.927 bits per heavy atom. The Morgan fingerprint density at radius 3 is 1.45 bits per heavy atom. The number of hydrogen-bond donors (Lipinski definition) is 2. The van der Waals surface area contributed by atoms with Crippen LogP contribution < -0.4 is 51.4 Å². The Kier molecular flexibility index (Phi) is 22.3. The van der Waals surface area contributed by atoms with Crippen molar-refractivity contribution in [2.24, 2.45) is 0 Å². The van der Waals surface area contributed by atoms with Crippen molar-refractivity contribution in [3.8, 4) is 74.4 Å². The zero-order valence-corrected chi connectivity index (χ0v) is 61.8. The van der Waals surface area contributed by atoms with Crippen molar-refractivity contribution >= 4 is 85.4 Å². The summed E-state index contributed by atoms with van der Waals surface area (Å²) < 4.78 is 38.8. The molecule has 14 aromatic rings. The number of pyridine rings is 3. The largest absolute Gasteiger partial charge is 0.496 e. The van der Waals surface area contributed by atoms with Crippen LogP contribution >= 0.6 is 23.2 Å². The normalized spacial score (nSPS) is 12.3. The molecule has 1 aliphatic rings. The molecular formula is C85H72Cl2N12O11. The standard InChI is InChI=1S/C30H25ClN4O4.C28H21ClN4O3.C27H26N4O4/c1-4-29(36)33-20-7-5-8-21(15-20)34-26-13-14-32-18-27(26)35(30(34)37)22-11-12-28(25(31)16-22)39-24-10-6-9-23(17-24)38-19(2)3;1-3-27(34)31-19-7-5-8-20(15-19)32-24-12-13-30-17-25(24)33(28(32)35)21-10-11-26(23(29)16-21)36-22-9-4-6-18(2)14-22;1-4-26(32)29-15-13-20(17-29)31-22-12-14-28-16-23(22)30(27(31)33)19-8-10-21(11-9-19)35-25-7-5-6-24(34-3)18(25)2/h4-19H,1H2,2-3H3,(H,33,36);3-17H,1H2,2H3,(H,31,34);4-12,14,16,20H,1,13,15,17H2,2-3H3. The van der Waals surface area contributed by atoms with Gasteiger partial charge in [-0.05, 0) is 210 Å². The van der Waals surface area contributed by atoms with Crippen LogP contribution in [0.3, 0.4) is 0 Å². The summed E-state index contributed by atoms with van der Waals surface area (Å²) in [6.45, 7) is 19.4. The third-order valence-electron chi connectivity index (χ3n) is 17.8. The van der Waals surface area contributed by atoms with Crippen LogP contribution in [0.15, 0.2) is 284 Å². The third kappa shape index (κ3) is 16.0. The van der Waals surface area contributed by atoms with Gasteiger partial charge in [-0.25, -0.2) is 14.4 Å². The molecule has 1 unspecified atom stereocenters. The maximum absolute atomic E-state index is 13.8. The van der Waals surface area contributed by atoms with Crippen molar-refractivity contribution in [3.63, 3.8) is 0 Å². The molecular weight excluding hydrogens is 1440 g/mol. The molecule has 1 aliphatic heterocycles. The number of carbonyl (C=O) groups is 3. The molecule has 552 valence electrons. The summed E-state index contributed by atoms with van der Waals surface area (Å²) in [6, 6.07) is 57.6.